The number of nitrogens with one attached hydrogen (secondary N) is 1. The lowest BCUT2D eigenvalue weighted by atomic mass is 9.96. The molecular weight excluding hydrogens is 662 g/mol. The number of ether oxygens (including phenoxy) is 7. The van der Waals surface area contributed by atoms with Crippen molar-refractivity contribution in [3.63, 3.8) is 0 Å². The summed E-state index contributed by atoms with van der Waals surface area (Å²) in [6.45, 7) is 1.45. The molecule has 0 bridgehead atoms. The van der Waals surface area contributed by atoms with Crippen molar-refractivity contribution in [3.8, 4) is 0 Å². The van der Waals surface area contributed by atoms with Crippen molar-refractivity contribution in [1.82, 2.24) is 0 Å². The molecule has 3 heterocycles. The third kappa shape index (κ3) is 8.66. The second-order valence-corrected chi connectivity index (χ2v) is 12.5. The summed E-state index contributed by atoms with van der Waals surface area (Å²) in [5.74, 6) is -0.298. The molecule has 49 heavy (non-hydrogen) atoms. The number of rotatable bonds is 11. The Bertz CT molecular complexity index is 1520. The highest BCUT2D eigenvalue weighted by Gasteiger charge is 2.53. The van der Waals surface area contributed by atoms with Gasteiger partial charge in [-0.25, -0.2) is 0 Å². The minimum atomic E-state index is -1.59. The van der Waals surface area contributed by atoms with Crippen LogP contribution in [0.3, 0.4) is 0 Å². The summed E-state index contributed by atoms with van der Waals surface area (Å²) >= 11 is 6.19. The summed E-state index contributed by atoms with van der Waals surface area (Å²) in [4.78, 5) is 11.6. The first-order valence-corrected chi connectivity index (χ1v) is 16.4. The number of amides is 1. The monoisotopic (exact) mass is 701 g/mol. The molecule has 3 aromatic carbocycles. The number of aliphatic hydroxyl groups excluding tert-OH is 4. The van der Waals surface area contributed by atoms with E-state index >= 15 is 0 Å². The number of hydrogen-bond acceptors (Lipinski definition) is 12. The van der Waals surface area contributed by atoms with E-state index in [-0.39, 0.29) is 32.3 Å². The van der Waals surface area contributed by atoms with Crippen LogP contribution in [0.1, 0.15) is 29.9 Å². The van der Waals surface area contributed by atoms with Gasteiger partial charge >= 0.3 is 0 Å². The fourth-order valence-corrected chi connectivity index (χ4v) is 6.13. The van der Waals surface area contributed by atoms with Crippen LogP contribution in [0.2, 0.25) is 5.02 Å². The number of carbonyl (C=O) groups is 1. The topological polar surface area (TPSA) is 175 Å². The average molecular weight is 702 g/mol. The molecule has 3 aliphatic heterocycles. The van der Waals surface area contributed by atoms with E-state index < -0.39 is 67.7 Å². The van der Waals surface area contributed by atoms with Crippen molar-refractivity contribution < 1.29 is 58.4 Å². The van der Waals surface area contributed by atoms with Crippen molar-refractivity contribution in [1.29, 1.82) is 0 Å². The Kier molecular flexibility index (Phi) is 11.9. The molecule has 5 N–H and O–H groups in total. The molecule has 3 saturated heterocycles. The first-order valence-electron chi connectivity index (χ1n) is 16.0. The van der Waals surface area contributed by atoms with Crippen molar-refractivity contribution in [3.05, 3.63) is 101 Å². The fourth-order valence-electron chi connectivity index (χ4n) is 5.96. The van der Waals surface area contributed by atoms with Gasteiger partial charge in [0.1, 0.15) is 48.8 Å². The van der Waals surface area contributed by atoms with Crippen molar-refractivity contribution in [2.45, 2.75) is 87.8 Å². The quantitative estimate of drug-likeness (QED) is 0.198. The van der Waals surface area contributed by atoms with Crippen molar-refractivity contribution in [2.24, 2.45) is 0 Å². The Morgan fingerprint density at radius 1 is 0.837 bits per heavy atom. The van der Waals surface area contributed by atoms with Gasteiger partial charge in [-0.3, -0.25) is 4.79 Å². The summed E-state index contributed by atoms with van der Waals surface area (Å²) in [5.41, 5.74) is 2.65. The van der Waals surface area contributed by atoms with Gasteiger partial charge in [-0.05, 0) is 23.3 Å². The Balaban J connectivity index is 1.14. The highest BCUT2D eigenvalue weighted by atomic mass is 35.5. The molecule has 3 fully saturated rings. The van der Waals surface area contributed by atoms with Crippen LogP contribution < -0.4 is 5.32 Å². The van der Waals surface area contributed by atoms with E-state index in [2.05, 4.69) is 5.32 Å². The van der Waals surface area contributed by atoms with Gasteiger partial charge in [0, 0.05) is 12.5 Å². The van der Waals surface area contributed by atoms with Gasteiger partial charge in [-0.1, -0.05) is 78.3 Å². The molecule has 0 radical (unpaired) electrons. The van der Waals surface area contributed by atoms with Crippen molar-refractivity contribution in [2.75, 3.05) is 18.5 Å². The molecule has 0 saturated carbocycles. The zero-order chi connectivity index (χ0) is 34.5. The maximum absolute atomic E-state index is 11.6. The third-order valence-corrected chi connectivity index (χ3v) is 8.82. The maximum atomic E-state index is 11.6. The summed E-state index contributed by atoms with van der Waals surface area (Å²) in [5, 5.41) is 47.6. The van der Waals surface area contributed by atoms with Crippen LogP contribution >= 0.6 is 11.6 Å². The number of benzene rings is 3. The number of carbonyl (C=O) groups excluding carboxylic acids is 1. The lowest BCUT2D eigenvalue weighted by Crippen LogP contribution is -2.66. The number of aliphatic hydroxyl groups is 4. The van der Waals surface area contributed by atoms with Gasteiger partial charge in [0.25, 0.3) is 0 Å². The van der Waals surface area contributed by atoms with Gasteiger partial charge in [-0.15, -0.1) is 0 Å². The second-order valence-electron chi connectivity index (χ2n) is 12.1. The number of anilines is 1. The Labute approximate surface area is 288 Å². The fraction of sp³-hybridized carbons (Fsp3) is 0.457. The number of fused-ring (bicyclic) bond motifs is 1. The van der Waals surface area contributed by atoms with Crippen LogP contribution in [0.15, 0.2) is 78.9 Å². The number of hydrogen-bond donors (Lipinski definition) is 5. The van der Waals surface area contributed by atoms with E-state index in [4.69, 9.17) is 44.8 Å². The predicted octanol–water partition coefficient (Wildman–Crippen LogP) is 2.42. The molecular formula is C35H40ClNO12. The van der Waals surface area contributed by atoms with E-state index in [0.717, 1.165) is 11.1 Å². The lowest BCUT2D eigenvalue weighted by molar-refractivity contribution is -0.386. The molecule has 0 spiro atoms. The van der Waals surface area contributed by atoms with E-state index in [1.54, 1.807) is 18.2 Å². The first kappa shape index (κ1) is 35.8. The van der Waals surface area contributed by atoms with Gasteiger partial charge in [0.15, 0.2) is 18.9 Å². The second kappa shape index (κ2) is 16.3. The van der Waals surface area contributed by atoms with E-state index in [9.17, 15) is 25.2 Å². The minimum absolute atomic E-state index is 0.0358. The van der Waals surface area contributed by atoms with E-state index in [1.165, 1.54) is 6.92 Å². The minimum Gasteiger partial charge on any atom is -0.387 e. The highest BCUT2D eigenvalue weighted by molar-refractivity contribution is 6.33. The SMILES string of the molecule is CC(=O)Nc1cc(CO[C@@H]2O[C@H](COCc3ccccc3)[C@@H](O[C@H]3O[C@@H]4CO[C@@H](c5ccccc5)O[C@H]4[C@H](O)[C@H]3O)[C@H](O)[C@H]2O)ccc1Cl. The number of halogens is 1. The standard InChI is InChI=1S/C35H40ClNO12/c1-19(38)37-24-14-21(12-13-23(24)36)16-44-34-29(41)27(39)31(25(46-34)17-43-15-20-8-4-2-5-9-20)49-35-30(42)28(40)32-26(47-35)18-45-33(48-32)22-10-6-3-7-11-22/h2-14,25-35,39-42H,15-18H2,1H3,(H,37,38)/t25-,26-,27-,28-,29-,30-,31-,32-,33-,34-,35-/m1/s1. The van der Waals surface area contributed by atoms with Gasteiger partial charge in [0.2, 0.25) is 5.91 Å². The van der Waals surface area contributed by atoms with Crippen LogP contribution in [0, 0.1) is 0 Å². The molecule has 3 aromatic rings. The molecule has 3 aliphatic rings. The van der Waals surface area contributed by atoms with E-state index in [0.29, 0.717) is 16.3 Å². The Morgan fingerprint density at radius 3 is 2.29 bits per heavy atom. The average Bonchev–Trinajstić information content (AvgIpc) is 3.11. The van der Waals surface area contributed by atoms with Crippen molar-refractivity contribution >= 4 is 23.2 Å². The Morgan fingerprint density at radius 2 is 1.55 bits per heavy atom. The molecule has 264 valence electrons. The van der Waals surface area contributed by atoms with Crippen LogP contribution in [0.5, 0.6) is 0 Å². The summed E-state index contributed by atoms with van der Waals surface area (Å²) in [6, 6.07) is 23.5. The van der Waals surface area contributed by atoms with Gasteiger partial charge < -0.3 is 58.9 Å². The maximum Gasteiger partial charge on any atom is 0.221 e. The summed E-state index contributed by atoms with van der Waals surface area (Å²) in [6.07, 6.45) is -13.7. The van der Waals surface area contributed by atoms with Gasteiger partial charge in [-0.2, -0.15) is 0 Å². The van der Waals surface area contributed by atoms with Crippen LogP contribution in [-0.4, -0.2) is 101 Å². The van der Waals surface area contributed by atoms with Crippen LogP contribution in [-0.2, 0) is 51.2 Å². The van der Waals surface area contributed by atoms with Crippen LogP contribution in [0.25, 0.3) is 0 Å². The zero-order valence-electron chi connectivity index (χ0n) is 26.6. The highest BCUT2D eigenvalue weighted by Crippen LogP contribution is 2.36. The molecule has 0 aliphatic carbocycles. The molecule has 13 nitrogen and oxygen atoms in total. The molecule has 6 rings (SSSR count). The summed E-state index contributed by atoms with van der Waals surface area (Å²) < 4.78 is 41.8. The normalized spacial score (nSPS) is 33.1. The zero-order valence-corrected chi connectivity index (χ0v) is 27.4. The van der Waals surface area contributed by atoms with Crippen LogP contribution in [0.4, 0.5) is 5.69 Å². The first-order chi connectivity index (χ1) is 23.7. The summed E-state index contributed by atoms with van der Waals surface area (Å²) in [7, 11) is 0. The Hall–Kier alpha value is -3.02. The molecule has 0 aromatic heterocycles. The van der Waals surface area contributed by atoms with E-state index in [1.807, 2.05) is 60.7 Å². The third-order valence-electron chi connectivity index (χ3n) is 8.49. The largest absolute Gasteiger partial charge is 0.387 e. The lowest BCUT2D eigenvalue weighted by Gasteiger charge is -2.48. The molecule has 0 unspecified atom stereocenters. The predicted molar refractivity (Wildman–Crippen MR) is 173 cm³/mol. The molecule has 11 atom stereocenters. The van der Waals surface area contributed by atoms with Gasteiger partial charge in [0.05, 0.1) is 37.1 Å². The molecule has 1 amide bonds. The molecule has 14 heteroatoms. The smallest absolute Gasteiger partial charge is 0.221 e.